The summed E-state index contributed by atoms with van der Waals surface area (Å²) in [7, 11) is 0. The van der Waals surface area contributed by atoms with Gasteiger partial charge in [-0.3, -0.25) is 4.68 Å². The van der Waals surface area contributed by atoms with Crippen LogP contribution in [0.25, 0.3) is 11.1 Å². The highest BCUT2D eigenvalue weighted by atomic mass is 35.5. The summed E-state index contributed by atoms with van der Waals surface area (Å²) in [4.78, 5) is 21.3. The molecule has 1 amide bonds. The fourth-order valence-corrected chi connectivity index (χ4v) is 5.73. The monoisotopic (exact) mass is 501 g/mol. The highest BCUT2D eigenvalue weighted by molar-refractivity contribution is 6.29. The van der Waals surface area contributed by atoms with Crippen molar-refractivity contribution in [3.8, 4) is 11.1 Å². The van der Waals surface area contributed by atoms with Crippen molar-refractivity contribution in [1.82, 2.24) is 19.7 Å². The van der Waals surface area contributed by atoms with Crippen molar-refractivity contribution in [1.29, 1.82) is 0 Å². The number of piperidine rings is 1. The van der Waals surface area contributed by atoms with Gasteiger partial charge < -0.3 is 19.3 Å². The lowest BCUT2D eigenvalue weighted by Gasteiger charge is -2.41. The quantitative estimate of drug-likeness (QED) is 0.540. The van der Waals surface area contributed by atoms with Gasteiger partial charge in [-0.05, 0) is 64.4 Å². The molecule has 8 nitrogen and oxygen atoms in total. The smallest absolute Gasteiger partial charge is 0.410 e. The third-order valence-electron chi connectivity index (χ3n) is 7.58. The van der Waals surface area contributed by atoms with Crippen LogP contribution in [0.4, 0.5) is 10.5 Å². The number of carbonyl (C=O) groups excluding carboxylic acids is 1. The molecule has 3 aliphatic heterocycles. The molecule has 0 aliphatic carbocycles. The van der Waals surface area contributed by atoms with Gasteiger partial charge in [0.05, 0.1) is 12.2 Å². The van der Waals surface area contributed by atoms with Crippen LogP contribution in [-0.4, -0.2) is 70.8 Å². The lowest BCUT2D eigenvalue weighted by Crippen LogP contribution is -2.43. The zero-order valence-corrected chi connectivity index (χ0v) is 21.8. The van der Waals surface area contributed by atoms with Crippen molar-refractivity contribution in [2.45, 2.75) is 64.5 Å². The van der Waals surface area contributed by atoms with Gasteiger partial charge in [-0.2, -0.15) is 5.10 Å². The van der Waals surface area contributed by atoms with Crippen LogP contribution in [0.2, 0.25) is 5.15 Å². The summed E-state index contributed by atoms with van der Waals surface area (Å²) in [5.74, 6) is 0. The highest BCUT2D eigenvalue weighted by Crippen LogP contribution is 2.43. The number of pyridine rings is 1. The minimum Gasteiger partial charge on any atom is -0.444 e. The van der Waals surface area contributed by atoms with Crippen LogP contribution >= 0.6 is 11.6 Å². The summed E-state index contributed by atoms with van der Waals surface area (Å²) in [6, 6.07) is 2.36. The van der Waals surface area contributed by atoms with Gasteiger partial charge in [0.15, 0.2) is 0 Å². The number of amides is 1. The molecule has 0 bridgehead atoms. The van der Waals surface area contributed by atoms with Gasteiger partial charge in [0.1, 0.15) is 10.8 Å². The lowest BCUT2D eigenvalue weighted by atomic mass is 9.77. The maximum atomic E-state index is 12.6. The molecule has 3 fully saturated rings. The van der Waals surface area contributed by atoms with E-state index in [0.29, 0.717) is 11.2 Å². The number of aromatic nitrogens is 3. The minimum atomic E-state index is -0.466. The first-order valence-electron chi connectivity index (χ1n) is 12.7. The molecule has 1 spiro atoms. The third-order valence-corrected chi connectivity index (χ3v) is 7.79. The summed E-state index contributed by atoms with van der Waals surface area (Å²) >= 11 is 6.35. The molecule has 3 saturated heterocycles. The Bertz CT molecular complexity index is 1050. The molecular formula is C26H36ClN5O3. The zero-order chi connectivity index (χ0) is 24.6. The number of anilines is 1. The van der Waals surface area contributed by atoms with Gasteiger partial charge in [-0.1, -0.05) is 11.6 Å². The van der Waals surface area contributed by atoms with E-state index in [1.54, 1.807) is 0 Å². The Balaban J connectivity index is 1.28. The Morgan fingerprint density at radius 2 is 1.86 bits per heavy atom. The summed E-state index contributed by atoms with van der Waals surface area (Å²) in [5, 5.41) is 5.16. The van der Waals surface area contributed by atoms with E-state index in [1.165, 1.54) is 0 Å². The molecule has 0 radical (unpaired) electrons. The standard InChI is InChI=1S/C26H36ClN5O3/c1-25(2,3)35-24(33)31-11-8-26(18-31)6-9-30(10-7-26)22-14-23(27)28-16-21(22)19-15-29-32(17-19)20-4-12-34-13-5-20/h14-17,20H,4-13,18H2,1-3H3. The SMILES string of the molecule is CC(C)(C)OC(=O)N1CCC2(CCN(c3cc(Cl)ncc3-c3cnn(C4CCOCC4)c3)CC2)C1. The molecule has 5 rings (SSSR count). The molecule has 5 heterocycles. The van der Waals surface area contributed by atoms with Gasteiger partial charge in [0.25, 0.3) is 0 Å². The summed E-state index contributed by atoms with van der Waals surface area (Å²) in [5.41, 5.74) is 2.93. The van der Waals surface area contributed by atoms with E-state index in [2.05, 4.69) is 25.9 Å². The number of hydrogen-bond donors (Lipinski definition) is 0. The number of hydrogen-bond acceptors (Lipinski definition) is 6. The van der Waals surface area contributed by atoms with Crippen LogP contribution in [0.5, 0.6) is 0 Å². The maximum Gasteiger partial charge on any atom is 0.410 e. The average Bonchev–Trinajstić information content (AvgIpc) is 3.47. The second-order valence-corrected chi connectivity index (χ2v) is 11.6. The van der Waals surface area contributed by atoms with E-state index in [1.807, 2.05) is 44.1 Å². The van der Waals surface area contributed by atoms with Crippen molar-refractivity contribution < 1.29 is 14.3 Å². The first kappa shape index (κ1) is 24.4. The Labute approximate surface area is 212 Å². The third kappa shape index (κ3) is 5.43. The summed E-state index contributed by atoms with van der Waals surface area (Å²) in [6.45, 7) is 10.7. The Hall–Kier alpha value is -2.32. The van der Waals surface area contributed by atoms with Crippen LogP contribution in [-0.2, 0) is 9.47 Å². The van der Waals surface area contributed by atoms with Gasteiger partial charge in [0.2, 0.25) is 0 Å². The van der Waals surface area contributed by atoms with E-state index in [0.717, 1.165) is 88.3 Å². The number of rotatable bonds is 3. The van der Waals surface area contributed by atoms with Crippen LogP contribution in [0.15, 0.2) is 24.7 Å². The summed E-state index contributed by atoms with van der Waals surface area (Å²) < 4.78 is 13.2. The predicted molar refractivity (Wildman–Crippen MR) is 136 cm³/mol. The maximum absolute atomic E-state index is 12.6. The molecule has 2 aromatic heterocycles. The van der Waals surface area contributed by atoms with Crippen molar-refractivity contribution in [2.75, 3.05) is 44.3 Å². The molecule has 35 heavy (non-hydrogen) atoms. The van der Waals surface area contributed by atoms with Gasteiger partial charge in [-0.15, -0.1) is 0 Å². The van der Waals surface area contributed by atoms with Crippen LogP contribution in [0.1, 0.15) is 58.9 Å². The van der Waals surface area contributed by atoms with Crippen LogP contribution in [0, 0.1) is 5.41 Å². The predicted octanol–water partition coefficient (Wildman–Crippen LogP) is 5.18. The van der Waals surface area contributed by atoms with Crippen LogP contribution in [0.3, 0.4) is 0 Å². The summed E-state index contributed by atoms with van der Waals surface area (Å²) in [6.07, 6.45) is 10.8. The van der Waals surface area contributed by atoms with E-state index in [4.69, 9.17) is 21.1 Å². The largest absolute Gasteiger partial charge is 0.444 e. The molecule has 9 heteroatoms. The fourth-order valence-electron chi connectivity index (χ4n) is 5.58. The lowest BCUT2D eigenvalue weighted by molar-refractivity contribution is 0.0266. The number of halogens is 1. The first-order valence-corrected chi connectivity index (χ1v) is 13.1. The second-order valence-electron chi connectivity index (χ2n) is 11.2. The first-order chi connectivity index (χ1) is 16.7. The van der Waals surface area contributed by atoms with E-state index in [9.17, 15) is 4.79 Å². The highest BCUT2D eigenvalue weighted by Gasteiger charge is 2.43. The van der Waals surface area contributed by atoms with E-state index in [-0.39, 0.29) is 11.5 Å². The zero-order valence-electron chi connectivity index (χ0n) is 21.0. The number of ether oxygens (including phenoxy) is 2. The average molecular weight is 502 g/mol. The molecule has 0 aromatic carbocycles. The van der Waals surface area contributed by atoms with Crippen molar-refractivity contribution in [3.63, 3.8) is 0 Å². The molecule has 190 valence electrons. The fraction of sp³-hybridized carbons (Fsp3) is 0.654. The second kappa shape index (κ2) is 9.62. The Morgan fingerprint density at radius 3 is 2.57 bits per heavy atom. The number of likely N-dealkylation sites (tertiary alicyclic amines) is 1. The number of carbonyl (C=O) groups is 1. The normalized spacial score (nSPS) is 21.0. The van der Waals surface area contributed by atoms with Crippen LogP contribution < -0.4 is 4.90 Å². The molecule has 3 aliphatic rings. The van der Waals surface area contributed by atoms with E-state index < -0.39 is 5.60 Å². The van der Waals surface area contributed by atoms with Gasteiger partial charge >= 0.3 is 6.09 Å². The Kier molecular flexibility index (Phi) is 6.70. The van der Waals surface area contributed by atoms with Crippen molar-refractivity contribution in [3.05, 3.63) is 29.8 Å². The molecule has 0 unspecified atom stereocenters. The van der Waals surface area contributed by atoms with Crippen molar-refractivity contribution in [2.24, 2.45) is 5.41 Å². The molecule has 0 saturated carbocycles. The topological polar surface area (TPSA) is 72.7 Å². The minimum absolute atomic E-state index is 0.165. The van der Waals surface area contributed by atoms with Gasteiger partial charge in [-0.25, -0.2) is 9.78 Å². The molecule has 0 atom stereocenters. The van der Waals surface area contributed by atoms with Crippen molar-refractivity contribution >= 4 is 23.4 Å². The molecule has 0 N–H and O–H groups in total. The van der Waals surface area contributed by atoms with E-state index >= 15 is 0 Å². The molecule has 2 aromatic rings. The molecular weight excluding hydrogens is 466 g/mol. The Morgan fingerprint density at radius 1 is 1.14 bits per heavy atom. The number of nitrogens with zero attached hydrogens (tertiary/aromatic N) is 5. The van der Waals surface area contributed by atoms with Gasteiger partial charge in [0, 0.05) is 68.6 Å².